The second-order valence-corrected chi connectivity index (χ2v) is 5.59. The van der Waals surface area contributed by atoms with Crippen molar-refractivity contribution in [2.45, 2.75) is 57.5 Å². The topological polar surface area (TPSA) is 61.4 Å². The standard InChI is InChI=1S/C14H25N3O2/c1-2-9-17(10-11-5-3-4-8-15-11)14(19)12-6-7-13(18)16-12/h11-12,15H,2-10H2,1H3,(H,16,18). The van der Waals surface area contributed by atoms with Crippen molar-refractivity contribution in [3.05, 3.63) is 0 Å². The summed E-state index contributed by atoms with van der Waals surface area (Å²) in [7, 11) is 0. The fourth-order valence-corrected chi connectivity index (χ4v) is 2.93. The van der Waals surface area contributed by atoms with Crippen LogP contribution in [0.4, 0.5) is 0 Å². The molecule has 5 heteroatoms. The molecule has 2 fully saturated rings. The molecule has 0 aromatic rings. The average Bonchev–Trinajstić information content (AvgIpc) is 2.85. The van der Waals surface area contributed by atoms with Gasteiger partial charge in [-0.1, -0.05) is 13.3 Å². The average molecular weight is 267 g/mol. The number of hydrogen-bond donors (Lipinski definition) is 2. The zero-order chi connectivity index (χ0) is 13.7. The third kappa shape index (κ3) is 3.93. The fourth-order valence-electron chi connectivity index (χ4n) is 2.93. The molecule has 0 aliphatic carbocycles. The highest BCUT2D eigenvalue weighted by atomic mass is 16.2. The molecule has 2 rings (SSSR count). The summed E-state index contributed by atoms with van der Waals surface area (Å²) < 4.78 is 0. The normalized spacial score (nSPS) is 27.1. The molecule has 108 valence electrons. The van der Waals surface area contributed by atoms with E-state index in [1.54, 1.807) is 0 Å². The van der Waals surface area contributed by atoms with Crippen LogP contribution in [0, 0.1) is 0 Å². The lowest BCUT2D eigenvalue weighted by Gasteiger charge is -2.32. The molecule has 2 aliphatic heterocycles. The van der Waals surface area contributed by atoms with Crippen molar-refractivity contribution in [2.24, 2.45) is 0 Å². The summed E-state index contributed by atoms with van der Waals surface area (Å²) in [5, 5.41) is 6.26. The highest BCUT2D eigenvalue weighted by Gasteiger charge is 2.31. The lowest BCUT2D eigenvalue weighted by molar-refractivity contribution is -0.134. The summed E-state index contributed by atoms with van der Waals surface area (Å²) in [6.07, 6.45) is 5.71. The molecule has 0 spiro atoms. The van der Waals surface area contributed by atoms with Crippen LogP contribution in [0.15, 0.2) is 0 Å². The molecule has 2 heterocycles. The number of carbonyl (C=O) groups excluding carboxylic acids is 2. The zero-order valence-corrected chi connectivity index (χ0v) is 11.8. The van der Waals surface area contributed by atoms with Gasteiger partial charge < -0.3 is 15.5 Å². The van der Waals surface area contributed by atoms with E-state index in [2.05, 4.69) is 17.6 Å². The molecule has 2 amide bonds. The van der Waals surface area contributed by atoms with Crippen LogP contribution in [0.5, 0.6) is 0 Å². The molecular weight excluding hydrogens is 242 g/mol. The van der Waals surface area contributed by atoms with Gasteiger partial charge in [0.1, 0.15) is 6.04 Å². The van der Waals surface area contributed by atoms with Crippen molar-refractivity contribution in [1.82, 2.24) is 15.5 Å². The third-order valence-electron chi connectivity index (χ3n) is 3.95. The number of carbonyl (C=O) groups is 2. The van der Waals surface area contributed by atoms with E-state index < -0.39 is 0 Å². The first-order chi connectivity index (χ1) is 9.20. The Morgan fingerprint density at radius 3 is 2.79 bits per heavy atom. The van der Waals surface area contributed by atoms with E-state index in [-0.39, 0.29) is 17.9 Å². The number of nitrogens with zero attached hydrogens (tertiary/aromatic N) is 1. The maximum atomic E-state index is 12.4. The predicted molar refractivity (Wildman–Crippen MR) is 73.7 cm³/mol. The highest BCUT2D eigenvalue weighted by molar-refractivity contribution is 5.90. The molecule has 0 bridgehead atoms. The lowest BCUT2D eigenvalue weighted by atomic mass is 10.0. The van der Waals surface area contributed by atoms with Crippen LogP contribution < -0.4 is 10.6 Å². The van der Waals surface area contributed by atoms with Crippen molar-refractivity contribution >= 4 is 11.8 Å². The molecule has 2 atom stereocenters. The van der Waals surface area contributed by atoms with Gasteiger partial charge in [0.25, 0.3) is 0 Å². The van der Waals surface area contributed by atoms with Gasteiger partial charge >= 0.3 is 0 Å². The smallest absolute Gasteiger partial charge is 0.245 e. The molecule has 5 nitrogen and oxygen atoms in total. The number of amides is 2. The second-order valence-electron chi connectivity index (χ2n) is 5.59. The number of piperidine rings is 1. The first kappa shape index (κ1) is 14.3. The van der Waals surface area contributed by atoms with Gasteiger partial charge in [-0.15, -0.1) is 0 Å². The minimum absolute atomic E-state index is 0.00518. The van der Waals surface area contributed by atoms with E-state index >= 15 is 0 Å². The Balaban J connectivity index is 1.90. The Morgan fingerprint density at radius 2 is 2.21 bits per heavy atom. The van der Waals surface area contributed by atoms with E-state index in [9.17, 15) is 9.59 Å². The largest absolute Gasteiger partial charge is 0.344 e. The number of hydrogen-bond acceptors (Lipinski definition) is 3. The molecule has 19 heavy (non-hydrogen) atoms. The van der Waals surface area contributed by atoms with Crippen LogP contribution in [0.25, 0.3) is 0 Å². The van der Waals surface area contributed by atoms with E-state index in [1.807, 2.05) is 4.90 Å². The maximum absolute atomic E-state index is 12.4. The summed E-state index contributed by atoms with van der Waals surface area (Å²) in [4.78, 5) is 25.6. The first-order valence-electron chi connectivity index (χ1n) is 7.52. The van der Waals surface area contributed by atoms with Gasteiger partial charge in [0.05, 0.1) is 0 Å². The monoisotopic (exact) mass is 267 g/mol. The SMILES string of the molecule is CCCN(CC1CCCCN1)C(=O)C1CCC(=O)N1. The van der Waals surface area contributed by atoms with Crippen LogP contribution in [0.1, 0.15) is 45.4 Å². The van der Waals surface area contributed by atoms with Gasteiger partial charge in [-0.05, 0) is 32.2 Å². The molecule has 0 radical (unpaired) electrons. The van der Waals surface area contributed by atoms with Gasteiger partial charge in [-0.3, -0.25) is 9.59 Å². The van der Waals surface area contributed by atoms with Gasteiger partial charge in [-0.2, -0.15) is 0 Å². The van der Waals surface area contributed by atoms with Gasteiger partial charge in [0.15, 0.2) is 0 Å². The Labute approximate surface area is 115 Å². The van der Waals surface area contributed by atoms with Crippen molar-refractivity contribution < 1.29 is 9.59 Å². The van der Waals surface area contributed by atoms with Crippen LogP contribution in [-0.2, 0) is 9.59 Å². The lowest BCUT2D eigenvalue weighted by Crippen LogP contribution is -2.50. The van der Waals surface area contributed by atoms with Crippen LogP contribution >= 0.6 is 0 Å². The molecule has 0 aromatic carbocycles. The minimum atomic E-state index is -0.289. The van der Waals surface area contributed by atoms with E-state index in [1.165, 1.54) is 12.8 Å². The van der Waals surface area contributed by atoms with E-state index in [0.29, 0.717) is 18.9 Å². The second kappa shape index (κ2) is 6.89. The molecule has 2 unspecified atom stereocenters. The Morgan fingerprint density at radius 1 is 1.37 bits per heavy atom. The van der Waals surface area contributed by atoms with E-state index in [4.69, 9.17) is 0 Å². The maximum Gasteiger partial charge on any atom is 0.245 e. The minimum Gasteiger partial charge on any atom is -0.344 e. The predicted octanol–water partition coefficient (Wildman–Crippen LogP) is 0.646. The fraction of sp³-hybridized carbons (Fsp3) is 0.857. The van der Waals surface area contributed by atoms with E-state index in [0.717, 1.165) is 32.5 Å². The molecule has 2 N–H and O–H groups in total. The molecule has 0 aromatic heterocycles. The zero-order valence-electron chi connectivity index (χ0n) is 11.8. The Hall–Kier alpha value is -1.10. The van der Waals surface area contributed by atoms with Crippen LogP contribution in [0.2, 0.25) is 0 Å². The van der Waals surface area contributed by atoms with Crippen molar-refractivity contribution in [1.29, 1.82) is 0 Å². The van der Waals surface area contributed by atoms with Crippen LogP contribution in [0.3, 0.4) is 0 Å². The summed E-state index contributed by atoms with van der Waals surface area (Å²) in [5.41, 5.74) is 0. The van der Waals surface area contributed by atoms with Crippen molar-refractivity contribution in [3.63, 3.8) is 0 Å². The molecule has 2 saturated heterocycles. The Kier molecular flexibility index (Phi) is 5.19. The van der Waals surface area contributed by atoms with Crippen molar-refractivity contribution in [3.8, 4) is 0 Å². The molecule has 0 saturated carbocycles. The summed E-state index contributed by atoms with van der Waals surface area (Å²) >= 11 is 0. The summed E-state index contributed by atoms with van der Waals surface area (Å²) in [5.74, 6) is 0.102. The van der Waals surface area contributed by atoms with Gasteiger partial charge in [-0.25, -0.2) is 0 Å². The van der Waals surface area contributed by atoms with Crippen molar-refractivity contribution in [2.75, 3.05) is 19.6 Å². The van der Waals surface area contributed by atoms with Gasteiger partial charge in [0, 0.05) is 25.6 Å². The number of nitrogens with one attached hydrogen (secondary N) is 2. The molecule has 2 aliphatic rings. The molecular formula is C14H25N3O2. The number of rotatable bonds is 5. The quantitative estimate of drug-likeness (QED) is 0.768. The van der Waals surface area contributed by atoms with Crippen LogP contribution in [-0.4, -0.2) is 48.4 Å². The Bertz CT molecular complexity index is 327. The third-order valence-corrected chi connectivity index (χ3v) is 3.95. The van der Waals surface area contributed by atoms with Gasteiger partial charge in [0.2, 0.25) is 11.8 Å². The highest BCUT2D eigenvalue weighted by Crippen LogP contribution is 2.13. The first-order valence-corrected chi connectivity index (χ1v) is 7.52. The summed E-state index contributed by atoms with van der Waals surface area (Å²) in [6, 6.07) is 0.129. The summed E-state index contributed by atoms with van der Waals surface area (Å²) in [6.45, 7) is 4.70.